The van der Waals surface area contributed by atoms with E-state index in [0.717, 1.165) is 0 Å². The zero-order valence-electron chi connectivity index (χ0n) is 13.7. The molecule has 1 heterocycles. The van der Waals surface area contributed by atoms with Crippen molar-refractivity contribution in [1.29, 1.82) is 0 Å². The highest BCUT2D eigenvalue weighted by molar-refractivity contribution is 5.94. The molecule has 0 aliphatic heterocycles. The number of carbonyl (C=O) groups excluding carboxylic acids is 2. The van der Waals surface area contributed by atoms with Gasteiger partial charge in [0.25, 0.3) is 11.8 Å². The molecule has 0 spiro atoms. The first-order valence-corrected chi connectivity index (χ1v) is 7.97. The maximum Gasteiger partial charge on any atom is 0.289 e. The van der Waals surface area contributed by atoms with Gasteiger partial charge in [-0.1, -0.05) is 35.5 Å². The number of aromatic nitrogens is 1. The molecular weight excluding hydrogens is 337 g/mol. The lowest BCUT2D eigenvalue weighted by Gasteiger charge is -2.05. The number of nitrogens with one attached hydrogen (secondary N) is 2. The van der Waals surface area contributed by atoms with E-state index in [4.69, 9.17) is 4.52 Å². The lowest BCUT2D eigenvalue weighted by atomic mass is 10.1. The monoisotopic (exact) mass is 353 g/mol. The van der Waals surface area contributed by atoms with Gasteiger partial charge >= 0.3 is 0 Å². The van der Waals surface area contributed by atoms with Crippen LogP contribution in [0.4, 0.5) is 4.39 Å². The number of rotatable bonds is 6. The van der Waals surface area contributed by atoms with Gasteiger partial charge in [-0.3, -0.25) is 9.59 Å². The van der Waals surface area contributed by atoms with Crippen molar-refractivity contribution in [1.82, 2.24) is 15.8 Å². The summed E-state index contributed by atoms with van der Waals surface area (Å²) in [6.45, 7) is 0.498. The van der Waals surface area contributed by atoms with Crippen molar-refractivity contribution in [3.8, 4) is 11.3 Å². The fraction of sp³-hybridized carbons (Fsp3) is 0.105. The topological polar surface area (TPSA) is 84.2 Å². The molecule has 0 radical (unpaired) electrons. The molecule has 0 unspecified atom stereocenters. The number of nitrogens with zero attached hydrogens (tertiary/aromatic N) is 1. The lowest BCUT2D eigenvalue weighted by molar-refractivity contribution is 0.0903. The molecule has 0 aliphatic carbocycles. The first-order valence-electron chi connectivity index (χ1n) is 7.97. The Morgan fingerprint density at radius 3 is 2.38 bits per heavy atom. The highest BCUT2D eigenvalue weighted by atomic mass is 19.1. The van der Waals surface area contributed by atoms with Crippen LogP contribution in [0.2, 0.25) is 0 Å². The minimum atomic E-state index is -0.464. The van der Waals surface area contributed by atoms with E-state index in [9.17, 15) is 14.0 Å². The first-order chi connectivity index (χ1) is 12.6. The van der Waals surface area contributed by atoms with Crippen LogP contribution >= 0.6 is 0 Å². The van der Waals surface area contributed by atoms with Crippen LogP contribution < -0.4 is 10.6 Å². The van der Waals surface area contributed by atoms with Gasteiger partial charge in [0, 0.05) is 30.3 Å². The molecule has 0 saturated carbocycles. The van der Waals surface area contributed by atoms with Crippen LogP contribution in [0.3, 0.4) is 0 Å². The van der Waals surface area contributed by atoms with E-state index in [1.165, 1.54) is 18.2 Å². The Morgan fingerprint density at radius 2 is 1.65 bits per heavy atom. The maximum absolute atomic E-state index is 13.2. The molecule has 7 heteroatoms. The molecule has 0 fully saturated rings. The van der Waals surface area contributed by atoms with Crippen molar-refractivity contribution in [2.75, 3.05) is 13.1 Å². The molecule has 132 valence electrons. The third-order valence-electron chi connectivity index (χ3n) is 3.59. The maximum atomic E-state index is 13.2. The van der Waals surface area contributed by atoms with E-state index in [-0.39, 0.29) is 24.8 Å². The van der Waals surface area contributed by atoms with E-state index in [1.807, 2.05) is 6.07 Å². The molecule has 3 rings (SSSR count). The van der Waals surface area contributed by atoms with Gasteiger partial charge < -0.3 is 15.2 Å². The zero-order valence-corrected chi connectivity index (χ0v) is 13.7. The Morgan fingerprint density at radius 1 is 0.923 bits per heavy atom. The van der Waals surface area contributed by atoms with E-state index >= 15 is 0 Å². The third-order valence-corrected chi connectivity index (χ3v) is 3.59. The Kier molecular flexibility index (Phi) is 5.38. The van der Waals surface area contributed by atoms with Gasteiger partial charge in [-0.15, -0.1) is 0 Å². The second kappa shape index (κ2) is 8.06. The third kappa shape index (κ3) is 4.32. The van der Waals surface area contributed by atoms with E-state index in [1.54, 1.807) is 36.4 Å². The molecular formula is C19H16FN3O3. The summed E-state index contributed by atoms with van der Waals surface area (Å²) in [6.07, 6.45) is 0. The normalized spacial score (nSPS) is 10.3. The smallest absolute Gasteiger partial charge is 0.289 e. The Balaban J connectivity index is 1.49. The summed E-state index contributed by atoms with van der Waals surface area (Å²) in [5.41, 5.74) is 1.43. The molecule has 1 aromatic heterocycles. The van der Waals surface area contributed by atoms with Gasteiger partial charge in [-0.05, 0) is 24.3 Å². The summed E-state index contributed by atoms with van der Waals surface area (Å²) in [5, 5.41) is 9.09. The summed E-state index contributed by atoms with van der Waals surface area (Å²) >= 11 is 0. The Hall–Kier alpha value is -3.48. The largest absolute Gasteiger partial charge is 0.350 e. The molecule has 0 bridgehead atoms. The standard InChI is InChI=1S/C19H16FN3O3/c20-15-8-4-7-14(11-15)16-12-17(26-23-16)19(25)22-10-9-21-18(24)13-5-2-1-3-6-13/h1-8,11-12H,9-10H2,(H,21,24)(H,22,25). The second-order valence-electron chi connectivity index (χ2n) is 5.46. The van der Waals surface area contributed by atoms with Gasteiger partial charge in [-0.25, -0.2) is 4.39 Å². The Bertz CT molecular complexity index is 909. The number of halogens is 1. The van der Waals surface area contributed by atoms with Crippen LogP contribution in [0.5, 0.6) is 0 Å². The van der Waals surface area contributed by atoms with Gasteiger partial charge in [0.2, 0.25) is 5.76 Å². The number of benzene rings is 2. The lowest BCUT2D eigenvalue weighted by Crippen LogP contribution is -2.34. The minimum absolute atomic E-state index is 0.0126. The molecule has 2 aromatic carbocycles. The molecule has 0 aliphatic rings. The van der Waals surface area contributed by atoms with Crippen LogP contribution in [0, 0.1) is 5.82 Å². The van der Waals surface area contributed by atoms with Gasteiger partial charge in [-0.2, -0.15) is 0 Å². The van der Waals surface area contributed by atoms with Crippen LogP contribution in [0.25, 0.3) is 11.3 Å². The second-order valence-corrected chi connectivity index (χ2v) is 5.46. The molecule has 0 atom stereocenters. The van der Waals surface area contributed by atoms with E-state index in [2.05, 4.69) is 15.8 Å². The average Bonchev–Trinajstić information content (AvgIpc) is 3.16. The van der Waals surface area contributed by atoms with Crippen LogP contribution in [-0.2, 0) is 0 Å². The number of amides is 2. The number of hydrogen-bond acceptors (Lipinski definition) is 4. The molecule has 26 heavy (non-hydrogen) atoms. The molecule has 2 amide bonds. The first kappa shape index (κ1) is 17.3. The highest BCUT2D eigenvalue weighted by Crippen LogP contribution is 2.19. The fourth-order valence-electron chi connectivity index (χ4n) is 2.30. The number of carbonyl (C=O) groups is 2. The zero-order chi connectivity index (χ0) is 18.4. The molecule has 3 aromatic rings. The van der Waals surface area contributed by atoms with Crippen molar-refractivity contribution in [2.45, 2.75) is 0 Å². The Labute approximate surface area is 149 Å². The number of hydrogen-bond donors (Lipinski definition) is 2. The summed E-state index contributed by atoms with van der Waals surface area (Å²) in [7, 11) is 0. The van der Waals surface area contributed by atoms with Gasteiger partial charge in [0.15, 0.2) is 0 Å². The van der Waals surface area contributed by atoms with Crippen molar-refractivity contribution >= 4 is 11.8 Å². The van der Waals surface area contributed by atoms with Crippen molar-refractivity contribution in [3.05, 3.63) is 77.8 Å². The van der Waals surface area contributed by atoms with E-state index in [0.29, 0.717) is 16.8 Å². The van der Waals surface area contributed by atoms with E-state index < -0.39 is 11.7 Å². The highest BCUT2D eigenvalue weighted by Gasteiger charge is 2.14. The van der Waals surface area contributed by atoms with Crippen LogP contribution in [0.1, 0.15) is 20.9 Å². The summed E-state index contributed by atoms with van der Waals surface area (Å²) in [5.74, 6) is -1.06. The predicted molar refractivity (Wildman–Crippen MR) is 93.0 cm³/mol. The molecule has 6 nitrogen and oxygen atoms in total. The van der Waals surface area contributed by atoms with Crippen LogP contribution in [0.15, 0.2) is 65.2 Å². The fourth-order valence-corrected chi connectivity index (χ4v) is 2.30. The summed E-state index contributed by atoms with van der Waals surface area (Å²) in [6, 6.07) is 16.1. The summed E-state index contributed by atoms with van der Waals surface area (Å²) in [4.78, 5) is 23.9. The van der Waals surface area contributed by atoms with Crippen LogP contribution in [-0.4, -0.2) is 30.1 Å². The van der Waals surface area contributed by atoms with Crippen molar-refractivity contribution in [2.24, 2.45) is 0 Å². The van der Waals surface area contributed by atoms with Crippen molar-refractivity contribution < 1.29 is 18.5 Å². The van der Waals surface area contributed by atoms with Crippen molar-refractivity contribution in [3.63, 3.8) is 0 Å². The average molecular weight is 353 g/mol. The minimum Gasteiger partial charge on any atom is -0.350 e. The van der Waals surface area contributed by atoms with Gasteiger partial charge in [0.05, 0.1) is 0 Å². The predicted octanol–water partition coefficient (Wildman–Crippen LogP) is 2.64. The summed E-state index contributed by atoms with van der Waals surface area (Å²) < 4.78 is 18.2. The SMILES string of the molecule is O=C(NCCNC(=O)c1cc(-c2cccc(F)c2)no1)c1ccccc1. The molecule has 2 N–H and O–H groups in total. The molecule has 0 saturated heterocycles. The quantitative estimate of drug-likeness (QED) is 0.667. The van der Waals surface area contributed by atoms with Gasteiger partial charge in [0.1, 0.15) is 11.5 Å².